The van der Waals surface area contributed by atoms with Crippen LogP contribution in [-0.2, 0) is 9.90 Å². The molecule has 0 fully saturated rings. The van der Waals surface area contributed by atoms with Crippen molar-refractivity contribution in [1.29, 1.82) is 0 Å². The van der Waals surface area contributed by atoms with Gasteiger partial charge in [-0.05, 0) is 12.8 Å². The van der Waals surface area contributed by atoms with Crippen molar-refractivity contribution in [3.05, 3.63) is 0 Å². The summed E-state index contributed by atoms with van der Waals surface area (Å²) in [5.74, 6) is -1.02. The van der Waals surface area contributed by atoms with E-state index in [-0.39, 0.29) is 11.8 Å². The molecule has 53 valence electrons. The Balaban J connectivity index is 3.16. The fourth-order valence-electron chi connectivity index (χ4n) is 0.479. The normalized spacial score (nSPS) is 13.1. The van der Waals surface area contributed by atoms with E-state index in [9.17, 15) is 9.90 Å². The van der Waals surface area contributed by atoms with Crippen LogP contribution in [0.2, 0.25) is 0 Å². The highest BCUT2D eigenvalue weighted by Gasteiger charge is 2.05. The molecule has 0 aromatic carbocycles. The average molecular weight is 150 g/mol. The zero-order chi connectivity index (χ0) is 7.28. The second-order valence-electron chi connectivity index (χ2n) is 1.92. The van der Waals surface area contributed by atoms with Crippen molar-refractivity contribution in [2.45, 2.75) is 31.6 Å². The number of carbonyl (C=O) groups excluding carboxylic acids is 1. The van der Waals surface area contributed by atoms with Crippen molar-refractivity contribution in [2.75, 3.05) is 0 Å². The van der Waals surface area contributed by atoms with Crippen molar-refractivity contribution in [1.82, 2.24) is 0 Å². The Kier molecular flexibility index (Phi) is 4.50. The summed E-state index contributed by atoms with van der Waals surface area (Å²) in [4.78, 5) is 9.85. The quantitative estimate of drug-likeness (QED) is 0.561. The zero-order valence-corrected chi connectivity index (χ0v) is 6.15. The maximum Gasteiger partial charge on any atom is 0.355 e. The molecule has 0 rings (SSSR count). The van der Waals surface area contributed by atoms with Gasteiger partial charge in [-0.1, -0.05) is 6.92 Å². The van der Waals surface area contributed by atoms with Crippen LogP contribution < -0.4 is 0 Å². The molecule has 0 aromatic rings. The topological polar surface area (TPSA) is 37.0 Å². The van der Waals surface area contributed by atoms with Crippen LogP contribution in [0, 0.1) is 0 Å². The molecule has 3 heteroatoms. The van der Waals surface area contributed by atoms with Crippen molar-refractivity contribution in [3.8, 4) is 0 Å². The van der Waals surface area contributed by atoms with Crippen LogP contribution in [0.3, 0.4) is 0 Å². The molecule has 0 heterocycles. The minimum absolute atomic E-state index is 0.0112. The van der Waals surface area contributed by atoms with Crippen LogP contribution >= 0.6 is 11.6 Å². The van der Waals surface area contributed by atoms with Crippen LogP contribution in [0.4, 0.5) is 0 Å². The van der Waals surface area contributed by atoms with Crippen LogP contribution in [0.25, 0.3) is 0 Å². The van der Waals surface area contributed by atoms with Crippen LogP contribution in [-0.4, -0.2) is 11.3 Å². The van der Waals surface area contributed by atoms with Gasteiger partial charge in [0.1, 0.15) is 0 Å². The molecule has 0 bridgehead atoms. The number of carbonyl (C=O) groups is 1. The summed E-state index contributed by atoms with van der Waals surface area (Å²) >= 11 is 5.62. The van der Waals surface area contributed by atoms with E-state index >= 15 is 0 Å². The first-order chi connectivity index (χ1) is 4.16. The van der Waals surface area contributed by atoms with Gasteiger partial charge < -0.3 is 0 Å². The first-order valence-corrected chi connectivity index (χ1v) is 3.44. The zero-order valence-electron chi connectivity index (χ0n) is 5.39. The lowest BCUT2D eigenvalue weighted by atomic mass is 10.2. The summed E-state index contributed by atoms with van der Waals surface area (Å²) in [6.45, 7) is 1.92. The van der Waals surface area contributed by atoms with Gasteiger partial charge in [0, 0.05) is 5.38 Å². The van der Waals surface area contributed by atoms with E-state index in [1.165, 1.54) is 0 Å². The van der Waals surface area contributed by atoms with Crippen molar-refractivity contribution in [2.24, 2.45) is 0 Å². The highest BCUT2D eigenvalue weighted by Crippen LogP contribution is 2.08. The van der Waals surface area contributed by atoms with E-state index in [1.807, 2.05) is 6.92 Å². The third-order valence-electron chi connectivity index (χ3n) is 1.10. The van der Waals surface area contributed by atoms with Gasteiger partial charge >= 0.3 is 5.97 Å². The lowest BCUT2D eigenvalue weighted by Gasteiger charge is -2.00. The molecule has 0 aliphatic rings. The van der Waals surface area contributed by atoms with Crippen molar-refractivity contribution >= 4 is 17.6 Å². The standard InChI is InChI=1S/C6H10ClO2/c1-2-5(7)3-4-6(8)9/h5H,2-4H2,1H3. The Morgan fingerprint density at radius 3 is 2.56 bits per heavy atom. The molecule has 0 N–H and O–H groups in total. The minimum atomic E-state index is -1.02. The molecule has 0 amide bonds. The average Bonchev–Trinajstić information content (AvgIpc) is 1.83. The highest BCUT2D eigenvalue weighted by molar-refractivity contribution is 6.20. The monoisotopic (exact) mass is 149 g/mol. The number of rotatable bonds is 4. The smallest absolute Gasteiger partial charge is 0.247 e. The summed E-state index contributed by atoms with van der Waals surface area (Å²) in [5.41, 5.74) is 0. The molecule has 0 aliphatic heterocycles. The van der Waals surface area contributed by atoms with Gasteiger partial charge in [0.15, 0.2) is 0 Å². The number of halogens is 1. The van der Waals surface area contributed by atoms with E-state index in [0.29, 0.717) is 6.42 Å². The fraction of sp³-hybridized carbons (Fsp3) is 0.833. The summed E-state index contributed by atoms with van der Waals surface area (Å²) in [6, 6.07) is 0. The Labute approximate surface area is 59.8 Å². The van der Waals surface area contributed by atoms with Crippen molar-refractivity contribution in [3.63, 3.8) is 0 Å². The fourth-order valence-corrected chi connectivity index (χ4v) is 0.588. The molecule has 0 aliphatic carbocycles. The molecule has 0 saturated heterocycles. The summed E-state index contributed by atoms with van der Waals surface area (Å²) < 4.78 is 0. The molecule has 2 nitrogen and oxygen atoms in total. The summed E-state index contributed by atoms with van der Waals surface area (Å²) in [6.07, 6.45) is 1.40. The molecule has 1 unspecified atom stereocenters. The predicted octanol–water partition coefficient (Wildman–Crippen LogP) is 1.74. The van der Waals surface area contributed by atoms with Gasteiger partial charge in [0.25, 0.3) is 0 Å². The molecule has 0 saturated carbocycles. The van der Waals surface area contributed by atoms with Gasteiger partial charge in [0.05, 0.1) is 6.42 Å². The SMILES string of the molecule is CCC(Cl)CCC([O])=O. The Hall–Kier alpha value is -0.240. The third-order valence-corrected chi connectivity index (χ3v) is 1.63. The lowest BCUT2D eigenvalue weighted by molar-refractivity contribution is -0.143. The number of hydrogen-bond donors (Lipinski definition) is 0. The molecule has 1 radical (unpaired) electrons. The predicted molar refractivity (Wildman–Crippen MR) is 34.9 cm³/mol. The van der Waals surface area contributed by atoms with Gasteiger partial charge in [-0.2, -0.15) is 0 Å². The third kappa shape index (κ3) is 5.63. The number of hydrogen-bond acceptors (Lipinski definition) is 1. The van der Waals surface area contributed by atoms with Gasteiger partial charge in [-0.25, -0.2) is 9.90 Å². The van der Waals surface area contributed by atoms with E-state index in [4.69, 9.17) is 11.6 Å². The van der Waals surface area contributed by atoms with Gasteiger partial charge in [0.2, 0.25) is 0 Å². The maximum absolute atomic E-state index is 9.85. The van der Waals surface area contributed by atoms with Crippen LogP contribution in [0.15, 0.2) is 0 Å². The molecule has 1 atom stereocenters. The van der Waals surface area contributed by atoms with Gasteiger partial charge in [-0.3, -0.25) is 0 Å². The Morgan fingerprint density at radius 2 is 2.22 bits per heavy atom. The molecule has 0 spiro atoms. The molecular formula is C6H10ClO2. The van der Waals surface area contributed by atoms with Crippen LogP contribution in [0.1, 0.15) is 26.2 Å². The number of alkyl halides is 1. The first-order valence-electron chi connectivity index (χ1n) is 3.00. The lowest BCUT2D eigenvalue weighted by Crippen LogP contribution is -2.00. The Morgan fingerprint density at radius 1 is 1.67 bits per heavy atom. The first kappa shape index (κ1) is 8.76. The molecule has 9 heavy (non-hydrogen) atoms. The minimum Gasteiger partial charge on any atom is -0.247 e. The van der Waals surface area contributed by atoms with E-state index in [0.717, 1.165) is 6.42 Å². The van der Waals surface area contributed by atoms with Crippen LogP contribution in [0.5, 0.6) is 0 Å². The van der Waals surface area contributed by atoms with E-state index in [2.05, 4.69) is 0 Å². The summed E-state index contributed by atoms with van der Waals surface area (Å²) in [7, 11) is 0. The Bertz CT molecular complexity index is 93.1. The highest BCUT2D eigenvalue weighted by atomic mass is 35.5. The molecular weight excluding hydrogens is 140 g/mol. The van der Waals surface area contributed by atoms with Crippen molar-refractivity contribution < 1.29 is 9.90 Å². The molecule has 0 aromatic heterocycles. The second kappa shape index (κ2) is 4.62. The second-order valence-corrected chi connectivity index (χ2v) is 2.53. The maximum atomic E-state index is 9.85. The largest absolute Gasteiger partial charge is 0.355 e. The van der Waals surface area contributed by atoms with E-state index < -0.39 is 5.97 Å². The van der Waals surface area contributed by atoms with E-state index in [1.54, 1.807) is 0 Å². The van der Waals surface area contributed by atoms with Gasteiger partial charge in [-0.15, -0.1) is 11.6 Å². The summed E-state index contributed by atoms with van der Waals surface area (Å²) in [5, 5.41) is 9.84.